The van der Waals surface area contributed by atoms with Crippen molar-refractivity contribution in [3.63, 3.8) is 0 Å². The monoisotopic (exact) mass is 281 g/mol. The first-order valence-corrected chi connectivity index (χ1v) is 7.35. The van der Waals surface area contributed by atoms with Crippen molar-refractivity contribution in [2.45, 2.75) is 32.7 Å². The highest BCUT2D eigenvalue weighted by Crippen LogP contribution is 2.40. The SMILES string of the molecule is CCC(C)NC(=O)C1CC1C(=O)N1CCN(C=O)CC1. The average Bonchev–Trinajstić information content (AvgIpc) is 3.27. The second-order valence-corrected chi connectivity index (χ2v) is 5.73. The van der Waals surface area contributed by atoms with Crippen molar-refractivity contribution in [1.82, 2.24) is 15.1 Å². The smallest absolute Gasteiger partial charge is 0.226 e. The maximum absolute atomic E-state index is 12.3. The van der Waals surface area contributed by atoms with Crippen LogP contribution in [0.25, 0.3) is 0 Å². The molecule has 1 saturated heterocycles. The maximum Gasteiger partial charge on any atom is 0.226 e. The fourth-order valence-corrected chi connectivity index (χ4v) is 2.49. The molecular weight excluding hydrogens is 258 g/mol. The molecule has 20 heavy (non-hydrogen) atoms. The molecule has 6 heteroatoms. The number of nitrogens with one attached hydrogen (secondary N) is 1. The number of amides is 3. The van der Waals surface area contributed by atoms with Gasteiger partial charge in [-0.1, -0.05) is 6.92 Å². The maximum atomic E-state index is 12.3. The number of piperazine rings is 1. The number of hydrogen-bond donors (Lipinski definition) is 1. The van der Waals surface area contributed by atoms with E-state index in [9.17, 15) is 14.4 Å². The third-order valence-corrected chi connectivity index (χ3v) is 4.22. The molecule has 112 valence electrons. The lowest BCUT2D eigenvalue weighted by Gasteiger charge is -2.32. The molecule has 1 aliphatic heterocycles. The first-order valence-electron chi connectivity index (χ1n) is 7.35. The quantitative estimate of drug-likeness (QED) is 0.712. The van der Waals surface area contributed by atoms with Crippen LogP contribution in [0.3, 0.4) is 0 Å². The van der Waals surface area contributed by atoms with Crippen LogP contribution in [0.1, 0.15) is 26.7 Å². The zero-order chi connectivity index (χ0) is 14.7. The molecule has 1 aliphatic carbocycles. The first kappa shape index (κ1) is 14.8. The highest BCUT2D eigenvalue weighted by molar-refractivity contribution is 5.92. The summed E-state index contributed by atoms with van der Waals surface area (Å²) < 4.78 is 0. The summed E-state index contributed by atoms with van der Waals surface area (Å²) in [5.41, 5.74) is 0. The third-order valence-electron chi connectivity index (χ3n) is 4.22. The van der Waals surface area contributed by atoms with E-state index in [0.717, 1.165) is 12.8 Å². The van der Waals surface area contributed by atoms with Crippen molar-refractivity contribution in [3.8, 4) is 0 Å². The molecule has 3 amide bonds. The fourth-order valence-electron chi connectivity index (χ4n) is 2.49. The van der Waals surface area contributed by atoms with Crippen molar-refractivity contribution >= 4 is 18.2 Å². The standard InChI is InChI=1S/C14H23N3O3/c1-3-10(2)15-13(19)11-8-12(11)14(20)17-6-4-16(9-18)5-7-17/h9-12H,3-8H2,1-2H3,(H,15,19). The molecule has 0 spiro atoms. The summed E-state index contributed by atoms with van der Waals surface area (Å²) in [5.74, 6) is -0.230. The van der Waals surface area contributed by atoms with E-state index in [2.05, 4.69) is 5.32 Å². The highest BCUT2D eigenvalue weighted by Gasteiger charge is 2.49. The van der Waals surface area contributed by atoms with E-state index in [-0.39, 0.29) is 29.7 Å². The largest absolute Gasteiger partial charge is 0.353 e. The van der Waals surface area contributed by atoms with Gasteiger partial charge in [-0.15, -0.1) is 0 Å². The fraction of sp³-hybridized carbons (Fsp3) is 0.786. The molecule has 0 aromatic heterocycles. The van der Waals surface area contributed by atoms with Crippen LogP contribution >= 0.6 is 0 Å². The minimum atomic E-state index is -0.152. The Balaban J connectivity index is 1.78. The van der Waals surface area contributed by atoms with Gasteiger partial charge in [0.2, 0.25) is 18.2 Å². The Labute approximate surface area is 119 Å². The molecule has 0 bridgehead atoms. The van der Waals surface area contributed by atoms with Gasteiger partial charge in [-0.3, -0.25) is 14.4 Å². The predicted octanol–water partition coefficient (Wildman–Crippen LogP) is -0.162. The number of hydrogen-bond acceptors (Lipinski definition) is 3. The van der Waals surface area contributed by atoms with Crippen molar-refractivity contribution < 1.29 is 14.4 Å². The molecule has 0 radical (unpaired) electrons. The Morgan fingerprint density at radius 3 is 2.45 bits per heavy atom. The average molecular weight is 281 g/mol. The molecule has 0 aromatic carbocycles. The van der Waals surface area contributed by atoms with Crippen LogP contribution in [0.2, 0.25) is 0 Å². The van der Waals surface area contributed by atoms with E-state index in [1.165, 1.54) is 0 Å². The number of nitrogens with zero attached hydrogens (tertiary/aromatic N) is 2. The van der Waals surface area contributed by atoms with Gasteiger partial charge in [-0.2, -0.15) is 0 Å². The number of carbonyl (C=O) groups excluding carboxylic acids is 3. The van der Waals surface area contributed by atoms with Crippen molar-refractivity contribution in [2.75, 3.05) is 26.2 Å². The van der Waals surface area contributed by atoms with Gasteiger partial charge in [0.1, 0.15) is 0 Å². The third kappa shape index (κ3) is 3.29. The molecule has 1 heterocycles. The summed E-state index contributed by atoms with van der Waals surface area (Å²) in [7, 11) is 0. The van der Waals surface area contributed by atoms with E-state index in [0.29, 0.717) is 32.6 Å². The topological polar surface area (TPSA) is 69.7 Å². The van der Waals surface area contributed by atoms with E-state index >= 15 is 0 Å². The van der Waals surface area contributed by atoms with Gasteiger partial charge in [0.25, 0.3) is 0 Å². The van der Waals surface area contributed by atoms with Gasteiger partial charge < -0.3 is 15.1 Å². The van der Waals surface area contributed by atoms with Gasteiger partial charge in [0.05, 0.1) is 11.8 Å². The molecule has 0 aromatic rings. The van der Waals surface area contributed by atoms with Gasteiger partial charge >= 0.3 is 0 Å². The normalized spacial score (nSPS) is 26.9. The molecule has 2 aliphatic rings. The molecule has 2 rings (SSSR count). The van der Waals surface area contributed by atoms with Gasteiger partial charge in [-0.05, 0) is 19.8 Å². The van der Waals surface area contributed by atoms with Gasteiger partial charge in [-0.25, -0.2) is 0 Å². The van der Waals surface area contributed by atoms with Crippen molar-refractivity contribution in [2.24, 2.45) is 11.8 Å². The van der Waals surface area contributed by atoms with Crippen LogP contribution in [0.5, 0.6) is 0 Å². The Hall–Kier alpha value is -1.59. The van der Waals surface area contributed by atoms with Crippen LogP contribution in [0, 0.1) is 11.8 Å². The number of carbonyl (C=O) groups is 3. The molecule has 1 saturated carbocycles. The van der Waals surface area contributed by atoms with Crippen LogP contribution in [0.4, 0.5) is 0 Å². The molecule has 6 nitrogen and oxygen atoms in total. The molecule has 2 fully saturated rings. The Bertz CT molecular complexity index is 391. The summed E-state index contributed by atoms with van der Waals surface area (Å²) in [6.07, 6.45) is 2.38. The highest BCUT2D eigenvalue weighted by atomic mass is 16.2. The van der Waals surface area contributed by atoms with E-state index in [1.54, 1.807) is 9.80 Å². The zero-order valence-electron chi connectivity index (χ0n) is 12.2. The van der Waals surface area contributed by atoms with E-state index in [1.807, 2.05) is 13.8 Å². The lowest BCUT2D eigenvalue weighted by atomic mass is 10.2. The summed E-state index contributed by atoms with van der Waals surface area (Å²) in [6, 6.07) is 0.162. The molecule has 3 unspecified atom stereocenters. The minimum absolute atomic E-state index is 0.00391. The summed E-state index contributed by atoms with van der Waals surface area (Å²) in [6.45, 7) is 6.32. The molecule has 1 N–H and O–H groups in total. The molecule has 3 atom stereocenters. The summed E-state index contributed by atoms with van der Waals surface area (Å²) in [5, 5.41) is 2.93. The second kappa shape index (κ2) is 6.24. The molecular formula is C14H23N3O3. The van der Waals surface area contributed by atoms with E-state index < -0.39 is 0 Å². The van der Waals surface area contributed by atoms with Crippen LogP contribution in [-0.4, -0.2) is 60.2 Å². The second-order valence-electron chi connectivity index (χ2n) is 5.73. The van der Waals surface area contributed by atoms with Crippen molar-refractivity contribution in [3.05, 3.63) is 0 Å². The van der Waals surface area contributed by atoms with Crippen LogP contribution in [0.15, 0.2) is 0 Å². The lowest BCUT2D eigenvalue weighted by molar-refractivity contribution is -0.137. The summed E-state index contributed by atoms with van der Waals surface area (Å²) >= 11 is 0. The Kier molecular flexibility index (Phi) is 4.62. The first-order chi connectivity index (χ1) is 9.56. The predicted molar refractivity (Wildman–Crippen MR) is 73.7 cm³/mol. The Morgan fingerprint density at radius 2 is 1.90 bits per heavy atom. The number of rotatable bonds is 5. The Morgan fingerprint density at radius 1 is 1.25 bits per heavy atom. The van der Waals surface area contributed by atoms with Gasteiger partial charge in [0.15, 0.2) is 0 Å². The van der Waals surface area contributed by atoms with Crippen molar-refractivity contribution in [1.29, 1.82) is 0 Å². The van der Waals surface area contributed by atoms with Crippen LogP contribution in [-0.2, 0) is 14.4 Å². The lowest BCUT2D eigenvalue weighted by Crippen LogP contribution is -2.49. The zero-order valence-corrected chi connectivity index (χ0v) is 12.2. The van der Waals surface area contributed by atoms with Gasteiger partial charge in [0, 0.05) is 32.2 Å². The minimum Gasteiger partial charge on any atom is -0.353 e. The van der Waals surface area contributed by atoms with E-state index in [4.69, 9.17) is 0 Å². The van der Waals surface area contributed by atoms with Crippen LogP contribution < -0.4 is 5.32 Å². The summed E-state index contributed by atoms with van der Waals surface area (Å²) in [4.78, 5) is 38.3.